The summed E-state index contributed by atoms with van der Waals surface area (Å²) in [6.07, 6.45) is 5.21. The van der Waals surface area contributed by atoms with Crippen molar-refractivity contribution in [1.29, 1.82) is 0 Å². The third-order valence-electron chi connectivity index (χ3n) is 6.84. The molecule has 3 saturated heterocycles. The van der Waals surface area contributed by atoms with Gasteiger partial charge in [0.05, 0.1) is 37.8 Å². The minimum Gasteiger partial charge on any atom is -0.456 e. The van der Waals surface area contributed by atoms with Gasteiger partial charge >= 0.3 is 0 Å². The number of benzene rings is 2. The molecule has 0 aliphatic carbocycles. The number of carbonyl (C=O) groups is 1. The van der Waals surface area contributed by atoms with Crippen molar-refractivity contribution in [1.82, 2.24) is 5.32 Å². The Labute approximate surface area is 166 Å². The fourth-order valence-electron chi connectivity index (χ4n) is 5.32. The molecular formula is C24H27N2O2+. The number of amides is 1. The van der Waals surface area contributed by atoms with Gasteiger partial charge in [0.2, 0.25) is 0 Å². The van der Waals surface area contributed by atoms with Gasteiger partial charge in [-0.3, -0.25) is 4.79 Å². The molecule has 2 bridgehead atoms. The van der Waals surface area contributed by atoms with E-state index in [4.69, 9.17) is 4.74 Å². The number of hydrogen-bond acceptors (Lipinski definition) is 2. The van der Waals surface area contributed by atoms with Crippen molar-refractivity contribution in [2.24, 2.45) is 5.92 Å². The molecule has 4 aliphatic rings. The van der Waals surface area contributed by atoms with Gasteiger partial charge in [-0.25, -0.2) is 0 Å². The van der Waals surface area contributed by atoms with Crippen LogP contribution in [0.1, 0.15) is 34.3 Å². The zero-order valence-electron chi connectivity index (χ0n) is 16.2. The number of carbonyl (C=O) groups excluding carboxylic acids is 1. The number of nitrogens with one attached hydrogen (secondary N) is 1. The molecule has 0 radical (unpaired) electrons. The third kappa shape index (κ3) is 2.92. The van der Waals surface area contributed by atoms with Crippen LogP contribution in [0.4, 0.5) is 0 Å². The molecule has 4 nitrogen and oxygen atoms in total. The molecule has 6 rings (SSSR count). The Morgan fingerprint density at radius 3 is 2.75 bits per heavy atom. The lowest BCUT2D eigenvalue weighted by atomic mass is 9.81. The zero-order valence-corrected chi connectivity index (χ0v) is 16.2. The summed E-state index contributed by atoms with van der Waals surface area (Å²) < 4.78 is 7.23. The molecule has 4 aliphatic heterocycles. The highest BCUT2D eigenvalue weighted by Crippen LogP contribution is 2.39. The predicted molar refractivity (Wildman–Crippen MR) is 110 cm³/mol. The molecule has 0 unspecified atom stereocenters. The summed E-state index contributed by atoms with van der Waals surface area (Å²) in [5.41, 5.74) is 2.90. The summed E-state index contributed by atoms with van der Waals surface area (Å²) in [6, 6.07) is 14.2. The van der Waals surface area contributed by atoms with Gasteiger partial charge in [0, 0.05) is 24.8 Å². The van der Waals surface area contributed by atoms with E-state index in [0.29, 0.717) is 11.5 Å². The maximum Gasteiger partial charge on any atom is 0.255 e. The molecule has 2 aromatic rings. The van der Waals surface area contributed by atoms with E-state index in [0.717, 1.165) is 41.1 Å². The molecule has 0 aromatic heterocycles. The Hall–Kier alpha value is -2.59. The quantitative estimate of drug-likeness (QED) is 0.555. The second-order valence-electron chi connectivity index (χ2n) is 8.54. The van der Waals surface area contributed by atoms with Gasteiger partial charge in [-0.05, 0) is 29.7 Å². The molecule has 4 heteroatoms. The maximum absolute atomic E-state index is 13.2. The fraction of sp³-hybridized carbons (Fsp3) is 0.375. The molecule has 3 fully saturated rings. The Morgan fingerprint density at radius 2 is 1.93 bits per heavy atom. The first kappa shape index (κ1) is 17.5. The summed E-state index contributed by atoms with van der Waals surface area (Å²) in [5.74, 6) is 2.16. The predicted octanol–water partition coefficient (Wildman–Crippen LogP) is 3.91. The normalized spacial score (nSPS) is 27.3. The maximum atomic E-state index is 13.2. The van der Waals surface area contributed by atoms with E-state index in [1.807, 2.05) is 36.4 Å². The Morgan fingerprint density at radius 1 is 1.14 bits per heavy atom. The van der Waals surface area contributed by atoms with Gasteiger partial charge in [0.1, 0.15) is 11.5 Å². The van der Waals surface area contributed by atoms with Crippen LogP contribution in [0.25, 0.3) is 0 Å². The van der Waals surface area contributed by atoms with Crippen molar-refractivity contribution in [2.45, 2.75) is 25.3 Å². The summed E-state index contributed by atoms with van der Waals surface area (Å²) in [4.78, 5) is 13.2. The second kappa shape index (κ2) is 6.78. The van der Waals surface area contributed by atoms with Crippen molar-refractivity contribution in [3.63, 3.8) is 0 Å². The number of para-hydroxylation sites is 2. The zero-order chi connectivity index (χ0) is 19.1. The van der Waals surface area contributed by atoms with Crippen LogP contribution in [0.5, 0.6) is 11.5 Å². The van der Waals surface area contributed by atoms with Gasteiger partial charge in [0.15, 0.2) is 0 Å². The molecule has 2 aromatic carbocycles. The smallest absolute Gasteiger partial charge is 0.255 e. The van der Waals surface area contributed by atoms with Gasteiger partial charge in [-0.15, -0.1) is 0 Å². The van der Waals surface area contributed by atoms with Crippen LogP contribution in [0, 0.1) is 5.92 Å². The van der Waals surface area contributed by atoms with Crippen LogP contribution in [-0.2, 0) is 6.42 Å². The number of ether oxygens (including phenoxy) is 1. The van der Waals surface area contributed by atoms with Crippen molar-refractivity contribution < 1.29 is 14.0 Å². The number of rotatable bonds is 4. The highest BCUT2D eigenvalue weighted by atomic mass is 16.5. The van der Waals surface area contributed by atoms with Gasteiger partial charge in [0.25, 0.3) is 5.91 Å². The Balaban J connectivity index is 1.38. The van der Waals surface area contributed by atoms with E-state index in [1.54, 1.807) is 0 Å². The molecule has 1 N–H and O–H groups in total. The molecule has 0 spiro atoms. The van der Waals surface area contributed by atoms with E-state index in [-0.39, 0.29) is 11.9 Å². The van der Waals surface area contributed by atoms with Crippen LogP contribution < -0.4 is 10.1 Å². The van der Waals surface area contributed by atoms with Crippen LogP contribution in [0.3, 0.4) is 0 Å². The first-order valence-corrected chi connectivity index (χ1v) is 10.3. The van der Waals surface area contributed by atoms with Crippen LogP contribution in [0.2, 0.25) is 0 Å². The fourth-order valence-corrected chi connectivity index (χ4v) is 5.32. The van der Waals surface area contributed by atoms with Gasteiger partial charge in [-0.1, -0.05) is 36.9 Å². The molecule has 1 amide bonds. The van der Waals surface area contributed by atoms with E-state index in [1.165, 1.54) is 31.5 Å². The van der Waals surface area contributed by atoms with Gasteiger partial charge in [-0.2, -0.15) is 0 Å². The lowest BCUT2D eigenvalue weighted by Gasteiger charge is -2.52. The molecule has 4 heterocycles. The SMILES string of the molecule is C=CC[N+]12CCC(CC1)[C@H](NC(=O)c1cccc3c1Oc1ccccc1C3)C2. The molecular weight excluding hydrogens is 348 g/mol. The molecule has 1 atom stereocenters. The minimum atomic E-state index is -0.00765. The topological polar surface area (TPSA) is 38.3 Å². The minimum absolute atomic E-state index is 0.00765. The average molecular weight is 375 g/mol. The number of piperidine rings is 3. The summed E-state index contributed by atoms with van der Waals surface area (Å²) in [5, 5.41) is 3.36. The van der Waals surface area contributed by atoms with E-state index in [2.05, 4.69) is 24.0 Å². The lowest BCUT2D eigenvalue weighted by Crippen LogP contribution is -2.67. The number of quaternary nitrogens is 1. The Kier molecular flexibility index (Phi) is 4.24. The molecule has 28 heavy (non-hydrogen) atoms. The van der Waals surface area contributed by atoms with Crippen LogP contribution in [0.15, 0.2) is 55.1 Å². The first-order valence-electron chi connectivity index (χ1n) is 10.3. The molecule has 0 saturated carbocycles. The van der Waals surface area contributed by atoms with E-state index in [9.17, 15) is 4.79 Å². The van der Waals surface area contributed by atoms with Gasteiger partial charge < -0.3 is 14.5 Å². The summed E-state index contributed by atoms with van der Waals surface area (Å²) in [7, 11) is 0. The highest BCUT2D eigenvalue weighted by Gasteiger charge is 2.45. The summed E-state index contributed by atoms with van der Waals surface area (Å²) in [6.45, 7) is 8.38. The highest BCUT2D eigenvalue weighted by molar-refractivity contribution is 5.98. The lowest BCUT2D eigenvalue weighted by molar-refractivity contribution is -0.938. The van der Waals surface area contributed by atoms with Crippen molar-refractivity contribution in [3.05, 3.63) is 71.8 Å². The van der Waals surface area contributed by atoms with Crippen LogP contribution >= 0.6 is 0 Å². The van der Waals surface area contributed by atoms with Crippen molar-refractivity contribution >= 4 is 5.91 Å². The van der Waals surface area contributed by atoms with E-state index >= 15 is 0 Å². The number of hydrogen-bond donors (Lipinski definition) is 1. The third-order valence-corrected chi connectivity index (χ3v) is 6.84. The standard InChI is InChI=1S/C24H26N2O2/c1-2-12-26-13-10-17(11-14-26)21(16-26)25-24(27)20-8-5-7-19-15-18-6-3-4-9-22(18)28-23(19)20/h2-9,17,21H,1,10-16H2/p+1/t17?,21-,26?/m1/s1. The average Bonchev–Trinajstić information content (AvgIpc) is 2.72. The first-order chi connectivity index (χ1) is 13.7. The van der Waals surface area contributed by atoms with E-state index < -0.39 is 0 Å². The number of nitrogens with zero attached hydrogens (tertiary/aromatic N) is 1. The second-order valence-corrected chi connectivity index (χ2v) is 8.54. The van der Waals surface area contributed by atoms with Crippen molar-refractivity contribution in [2.75, 3.05) is 26.2 Å². The molecule has 144 valence electrons. The monoisotopic (exact) mass is 375 g/mol. The largest absolute Gasteiger partial charge is 0.456 e. The Bertz CT molecular complexity index is 928. The van der Waals surface area contributed by atoms with Crippen LogP contribution in [-0.4, -0.2) is 42.6 Å². The van der Waals surface area contributed by atoms with Crippen molar-refractivity contribution in [3.8, 4) is 11.5 Å². The summed E-state index contributed by atoms with van der Waals surface area (Å²) >= 11 is 0. The number of fused-ring (bicyclic) bond motifs is 5.